The van der Waals surface area contributed by atoms with E-state index in [1.54, 1.807) is 0 Å². The third-order valence-corrected chi connectivity index (χ3v) is 0. The largest absolute Gasteiger partial charge is 0 e. The molecular formula is H16Ge4Rb. The Morgan fingerprint density at radius 1 is 0.400 bits per heavy atom. The van der Waals surface area contributed by atoms with Gasteiger partial charge in [-0.1, -0.05) is 0 Å². The first kappa shape index (κ1) is 36.1. The normalized spacial score (nSPS) is 0. The Hall–Kier alpha value is 3.98. The van der Waals surface area contributed by atoms with Crippen molar-refractivity contribution in [1.82, 2.24) is 0 Å². The second-order valence-corrected chi connectivity index (χ2v) is 0. The average Bonchev–Trinajstić information content (AvgIpc) is 0. The Bertz CT molecular complexity index is 3.61. The smallest absolute Gasteiger partial charge is 0 e. The predicted octanol–water partition coefficient (Wildman–Crippen LogP) is -6.19. The van der Waals surface area contributed by atoms with E-state index in [2.05, 4.69) is 0 Å². The van der Waals surface area contributed by atoms with Crippen molar-refractivity contribution in [1.29, 1.82) is 0 Å². The molecule has 5 heteroatoms. The third kappa shape index (κ3) is 18.0. The summed E-state index contributed by atoms with van der Waals surface area (Å²) in [6.07, 6.45) is 0. The molecule has 33 valence electrons. The van der Waals surface area contributed by atoms with E-state index < -0.39 is 0 Å². The van der Waals surface area contributed by atoms with Gasteiger partial charge in [-0.15, -0.1) is 0 Å². The van der Waals surface area contributed by atoms with Crippen LogP contribution >= 0.6 is 0 Å². The SMILES string of the molecule is [GeH4].[GeH4].[GeH4].[GeH4].[Rb]. The first-order valence-corrected chi connectivity index (χ1v) is 0. The zero-order valence-corrected chi connectivity index (χ0v) is 5.92. The zero-order valence-electron chi connectivity index (χ0n) is 1.00. The Morgan fingerprint density at radius 2 is 0.400 bits per heavy atom. The molecule has 1 radical (unpaired) electrons. The quantitative estimate of drug-likeness (QED) is 0.360. The molecule has 0 rings (SSSR count). The topological polar surface area (TPSA) is 0 Å². The molecule has 0 bridgehead atoms. The molecule has 0 heterocycles. The molecule has 0 aromatic carbocycles. The Kier molecular flexibility index (Phi) is 177. The van der Waals surface area contributed by atoms with Crippen molar-refractivity contribution >= 4 is 129 Å². The van der Waals surface area contributed by atoms with Crippen LogP contribution in [0, 0.1) is 0 Å². The number of hydrogen-bond donors (Lipinski definition) is 0. The molecule has 5 heavy (non-hydrogen) atoms. The van der Waals surface area contributed by atoms with Gasteiger partial charge in [0, 0.05) is 58.2 Å². The molecule has 0 nitrogen and oxygen atoms in total. The predicted molar refractivity (Wildman–Crippen MR) is 51.1 cm³/mol. The van der Waals surface area contributed by atoms with Gasteiger partial charge in [-0.25, -0.2) is 0 Å². The summed E-state index contributed by atoms with van der Waals surface area (Å²) >= 11 is 0. The van der Waals surface area contributed by atoms with Crippen LogP contribution in [0.4, 0.5) is 0 Å². The van der Waals surface area contributed by atoms with Crippen LogP contribution in [0.1, 0.15) is 0 Å². The summed E-state index contributed by atoms with van der Waals surface area (Å²) in [5, 5.41) is 0. The molecule has 0 aliphatic carbocycles. The summed E-state index contributed by atoms with van der Waals surface area (Å²) in [7, 11) is 0. The standard InChI is InChI=1S/4GeH4.Rb/h4*1H4;. The fraction of sp³-hybridized carbons (Fsp3) is 0. The van der Waals surface area contributed by atoms with Crippen LogP contribution in [0.3, 0.4) is 0 Å². The van der Waals surface area contributed by atoms with Crippen LogP contribution in [0.5, 0.6) is 0 Å². The summed E-state index contributed by atoms with van der Waals surface area (Å²) in [6.45, 7) is 0. The first-order chi connectivity index (χ1) is 0. The van der Waals surface area contributed by atoms with Crippen molar-refractivity contribution in [3.63, 3.8) is 0 Å². The van der Waals surface area contributed by atoms with E-state index in [9.17, 15) is 0 Å². The molecule has 0 aromatic heterocycles. The van der Waals surface area contributed by atoms with E-state index in [-0.39, 0.29) is 129 Å². The third-order valence-electron chi connectivity index (χ3n) is 0. The molecule has 0 N–H and O–H groups in total. The monoisotopic (exact) mass is 397 g/mol. The van der Waals surface area contributed by atoms with Crippen molar-refractivity contribution < 1.29 is 0 Å². The maximum atomic E-state index is 0. The van der Waals surface area contributed by atoms with E-state index in [0.29, 0.717) is 0 Å². The second-order valence-electron chi connectivity index (χ2n) is 0. The minimum absolute atomic E-state index is 0. The van der Waals surface area contributed by atoms with E-state index in [0.717, 1.165) is 0 Å². The minimum Gasteiger partial charge on any atom is 0 e. The Balaban J connectivity index is 0. The maximum Gasteiger partial charge on any atom is 0 e. The molecule has 0 amide bonds. The van der Waals surface area contributed by atoms with Crippen molar-refractivity contribution in [2.75, 3.05) is 0 Å². The molecule has 0 aliphatic rings. The molecule has 0 saturated heterocycles. The fourth-order valence-corrected chi connectivity index (χ4v) is 0. The van der Waals surface area contributed by atoms with Crippen molar-refractivity contribution in [3.05, 3.63) is 0 Å². The summed E-state index contributed by atoms with van der Waals surface area (Å²) in [5.41, 5.74) is 0. The molecule has 0 aromatic rings. The van der Waals surface area contributed by atoms with Crippen LogP contribution in [-0.2, 0) is 0 Å². The summed E-state index contributed by atoms with van der Waals surface area (Å²) < 4.78 is 0. The molecule has 0 aliphatic heterocycles. The molecule has 0 saturated carbocycles. The maximum absolute atomic E-state index is 0. The summed E-state index contributed by atoms with van der Waals surface area (Å²) in [6, 6.07) is 0. The van der Waals surface area contributed by atoms with Crippen LogP contribution in [0.25, 0.3) is 0 Å². The molecule has 0 atom stereocenters. The number of rotatable bonds is 0. The summed E-state index contributed by atoms with van der Waals surface area (Å²) in [5.74, 6) is 0. The van der Waals surface area contributed by atoms with Gasteiger partial charge < -0.3 is 0 Å². The Morgan fingerprint density at radius 3 is 0.400 bits per heavy atom. The minimum atomic E-state index is 0. The molecular weight excluding hydrogens is 376 g/mol. The van der Waals surface area contributed by atoms with Gasteiger partial charge in [0.1, 0.15) is 0 Å². The van der Waals surface area contributed by atoms with E-state index in [1.165, 1.54) is 0 Å². The van der Waals surface area contributed by atoms with Crippen molar-refractivity contribution in [2.24, 2.45) is 0 Å². The fourth-order valence-electron chi connectivity index (χ4n) is 0. The van der Waals surface area contributed by atoms with Crippen LogP contribution < -0.4 is 0 Å². The van der Waals surface area contributed by atoms with Gasteiger partial charge in [0.2, 0.25) is 0 Å². The van der Waals surface area contributed by atoms with Crippen LogP contribution in [-0.4, -0.2) is 129 Å². The molecule has 0 unspecified atom stereocenters. The van der Waals surface area contributed by atoms with Crippen molar-refractivity contribution in [2.45, 2.75) is 0 Å². The van der Waals surface area contributed by atoms with Gasteiger partial charge in [0.05, 0.1) is 0 Å². The van der Waals surface area contributed by atoms with Crippen molar-refractivity contribution in [3.8, 4) is 0 Å². The van der Waals surface area contributed by atoms with Gasteiger partial charge >= 0.3 is 70.4 Å². The average molecular weight is 392 g/mol. The van der Waals surface area contributed by atoms with Crippen LogP contribution in [0.15, 0.2) is 0 Å². The van der Waals surface area contributed by atoms with Gasteiger partial charge in [-0.05, 0) is 0 Å². The summed E-state index contributed by atoms with van der Waals surface area (Å²) in [4.78, 5) is 0. The van der Waals surface area contributed by atoms with E-state index >= 15 is 0 Å². The van der Waals surface area contributed by atoms with Crippen LogP contribution in [0.2, 0.25) is 0 Å². The molecule has 0 fully saturated rings. The second kappa shape index (κ2) is 24.6. The zero-order chi connectivity index (χ0) is 0. The Labute approximate surface area is 125 Å². The van der Waals surface area contributed by atoms with Gasteiger partial charge in [-0.3, -0.25) is 0 Å². The first-order valence-electron chi connectivity index (χ1n) is 0. The van der Waals surface area contributed by atoms with E-state index in [1.807, 2.05) is 0 Å². The molecule has 0 spiro atoms. The van der Waals surface area contributed by atoms with E-state index in [4.69, 9.17) is 0 Å². The van der Waals surface area contributed by atoms with Gasteiger partial charge in [0.25, 0.3) is 0 Å². The number of hydrogen-bond acceptors (Lipinski definition) is 0. The van der Waals surface area contributed by atoms with Gasteiger partial charge in [-0.2, -0.15) is 0 Å². The van der Waals surface area contributed by atoms with Gasteiger partial charge in [0.15, 0.2) is 0 Å².